The number of hydrogen-bond acceptors (Lipinski definition) is 7. The van der Waals surface area contributed by atoms with E-state index in [0.717, 1.165) is 89.2 Å². The van der Waals surface area contributed by atoms with Gasteiger partial charge >= 0.3 is 0 Å². The molecule has 0 N–H and O–H groups in total. The SMILES string of the molecule is Cc1cc(-c2ccccn2)cc(Oc2ccc3c4ccc(Oc5cc(-c6ccccn6)cc(C)c5-c5ccc(C(C)C)cc5)cc4n(-c4ncncn4)c3c2)c1-c1ccc(C(C)C)cc1. The third-order valence-electron chi connectivity index (χ3n) is 12.1. The zero-order valence-electron chi connectivity index (χ0n) is 37.3. The highest BCUT2D eigenvalue weighted by Crippen LogP contribution is 2.44. The van der Waals surface area contributed by atoms with Crippen LogP contribution in [0.2, 0.25) is 0 Å². The van der Waals surface area contributed by atoms with Crippen LogP contribution in [0, 0.1) is 13.8 Å². The van der Waals surface area contributed by atoms with Gasteiger partial charge in [0.15, 0.2) is 0 Å². The first kappa shape index (κ1) is 41.1. The third kappa shape index (κ3) is 8.11. The maximum absolute atomic E-state index is 6.99. The molecule has 318 valence electrons. The summed E-state index contributed by atoms with van der Waals surface area (Å²) in [6.45, 7) is 13.1. The van der Waals surface area contributed by atoms with E-state index in [0.29, 0.717) is 29.3 Å². The van der Waals surface area contributed by atoms with Gasteiger partial charge in [-0.05, 0) is 132 Å². The van der Waals surface area contributed by atoms with Crippen molar-refractivity contribution in [3.63, 3.8) is 0 Å². The highest BCUT2D eigenvalue weighted by Gasteiger charge is 2.21. The Balaban J connectivity index is 1.10. The molecule has 8 nitrogen and oxygen atoms in total. The number of ether oxygens (including phenoxy) is 2. The normalized spacial score (nSPS) is 11.5. The molecule has 0 aliphatic carbocycles. The minimum atomic E-state index is 0.426. The second-order valence-electron chi connectivity index (χ2n) is 17.2. The number of aromatic nitrogens is 6. The average Bonchev–Trinajstić information content (AvgIpc) is 3.65. The molecular formula is C57H48N6O2. The molecule has 10 aromatic rings. The van der Waals surface area contributed by atoms with E-state index in [9.17, 15) is 0 Å². The zero-order valence-corrected chi connectivity index (χ0v) is 37.3. The van der Waals surface area contributed by atoms with E-state index in [1.54, 1.807) is 0 Å². The summed E-state index contributed by atoms with van der Waals surface area (Å²) >= 11 is 0. The Morgan fingerprint density at radius 3 is 1.29 bits per heavy atom. The summed E-state index contributed by atoms with van der Waals surface area (Å²) < 4.78 is 16.0. The summed E-state index contributed by atoms with van der Waals surface area (Å²) in [4.78, 5) is 22.8. The fourth-order valence-corrected chi connectivity index (χ4v) is 8.77. The van der Waals surface area contributed by atoms with Gasteiger partial charge in [0.1, 0.15) is 35.7 Å². The van der Waals surface area contributed by atoms with Gasteiger partial charge in [-0.2, -0.15) is 0 Å². The van der Waals surface area contributed by atoms with Gasteiger partial charge in [-0.25, -0.2) is 15.0 Å². The summed E-state index contributed by atoms with van der Waals surface area (Å²) in [7, 11) is 0. The van der Waals surface area contributed by atoms with Crippen molar-refractivity contribution >= 4 is 21.8 Å². The molecule has 4 heterocycles. The number of nitrogens with zero attached hydrogens (tertiary/aromatic N) is 6. The minimum absolute atomic E-state index is 0.426. The Labute approximate surface area is 379 Å². The van der Waals surface area contributed by atoms with Crippen LogP contribution in [0.15, 0.2) is 171 Å². The second-order valence-corrected chi connectivity index (χ2v) is 17.2. The molecule has 10 rings (SSSR count). The molecule has 65 heavy (non-hydrogen) atoms. The van der Waals surface area contributed by atoms with Crippen molar-refractivity contribution in [3.05, 3.63) is 193 Å². The smallest absolute Gasteiger partial charge is 0.237 e. The minimum Gasteiger partial charge on any atom is -0.457 e. The van der Waals surface area contributed by atoms with Gasteiger partial charge in [-0.15, -0.1) is 0 Å². The predicted molar refractivity (Wildman–Crippen MR) is 262 cm³/mol. The van der Waals surface area contributed by atoms with Gasteiger partial charge in [0.05, 0.1) is 22.4 Å². The third-order valence-corrected chi connectivity index (χ3v) is 12.1. The van der Waals surface area contributed by atoms with Gasteiger partial charge in [0.2, 0.25) is 5.95 Å². The topological polar surface area (TPSA) is 87.8 Å². The van der Waals surface area contributed by atoms with Crippen LogP contribution in [0.5, 0.6) is 23.0 Å². The predicted octanol–water partition coefficient (Wildman–Crippen LogP) is 14.9. The van der Waals surface area contributed by atoms with Crippen molar-refractivity contribution in [2.75, 3.05) is 0 Å². The van der Waals surface area contributed by atoms with Crippen molar-refractivity contribution < 1.29 is 9.47 Å². The fourth-order valence-electron chi connectivity index (χ4n) is 8.77. The van der Waals surface area contributed by atoms with E-state index >= 15 is 0 Å². The number of rotatable bonds is 11. The van der Waals surface area contributed by atoms with E-state index in [1.165, 1.54) is 23.8 Å². The lowest BCUT2D eigenvalue weighted by Gasteiger charge is -2.17. The van der Waals surface area contributed by atoms with Crippen molar-refractivity contribution in [2.45, 2.75) is 53.4 Å². The number of benzene rings is 6. The molecule has 0 atom stereocenters. The molecule has 0 aliphatic rings. The molecule has 0 aliphatic heterocycles. The van der Waals surface area contributed by atoms with Crippen LogP contribution in [-0.4, -0.2) is 29.5 Å². The van der Waals surface area contributed by atoms with Crippen molar-refractivity contribution in [3.8, 4) is 73.7 Å². The van der Waals surface area contributed by atoms with Crippen LogP contribution >= 0.6 is 0 Å². The lowest BCUT2D eigenvalue weighted by Crippen LogP contribution is -2.01. The van der Waals surface area contributed by atoms with Crippen LogP contribution in [0.1, 0.15) is 61.8 Å². The van der Waals surface area contributed by atoms with Crippen LogP contribution in [0.4, 0.5) is 0 Å². The van der Waals surface area contributed by atoms with Gasteiger partial charge in [0.25, 0.3) is 0 Å². The Kier molecular flexibility index (Phi) is 10.9. The molecule has 0 saturated carbocycles. The first-order chi connectivity index (χ1) is 31.7. The zero-order chi connectivity index (χ0) is 44.6. The molecule has 8 heteroatoms. The van der Waals surface area contributed by atoms with E-state index < -0.39 is 0 Å². The van der Waals surface area contributed by atoms with E-state index in [4.69, 9.17) is 9.47 Å². The van der Waals surface area contributed by atoms with Crippen molar-refractivity contribution in [1.29, 1.82) is 0 Å². The van der Waals surface area contributed by atoms with Crippen LogP contribution in [0.25, 0.3) is 72.5 Å². The molecule has 0 saturated heterocycles. The van der Waals surface area contributed by atoms with E-state index in [1.807, 2.05) is 65.5 Å². The molecule has 6 aromatic carbocycles. The summed E-state index contributed by atoms with van der Waals surface area (Å²) in [5, 5.41) is 2.03. The Hall–Kier alpha value is -7.97. The first-order valence-electron chi connectivity index (χ1n) is 22.1. The van der Waals surface area contributed by atoms with Crippen molar-refractivity contribution in [2.24, 2.45) is 0 Å². The Bertz CT molecular complexity index is 3110. The standard InChI is InChI=1S/C57H48N6O2/c1-35(2)39-13-17-41(18-14-39)55-37(5)27-43(49-11-7-9-25-59-49)29-53(55)64-45-21-23-47-48-24-22-46(32-52(48)63(51(47)31-45)57-61-33-58-34-62-57)65-54-30-44(50-12-8-10-26-60-50)28-38(6)56(54)42-19-15-40(16-20-42)36(3)4/h7-36H,1-6H3. The number of pyridine rings is 2. The van der Waals surface area contributed by atoms with Gasteiger partial charge < -0.3 is 9.47 Å². The summed E-state index contributed by atoms with van der Waals surface area (Å²) in [6, 6.07) is 50.4. The Morgan fingerprint density at radius 1 is 0.446 bits per heavy atom. The molecule has 0 amide bonds. The summed E-state index contributed by atoms with van der Waals surface area (Å²) in [5.74, 6) is 4.13. The van der Waals surface area contributed by atoms with Crippen molar-refractivity contribution in [1.82, 2.24) is 29.5 Å². The van der Waals surface area contributed by atoms with Crippen LogP contribution in [-0.2, 0) is 0 Å². The molecule has 4 aromatic heterocycles. The van der Waals surface area contributed by atoms with Gasteiger partial charge in [0, 0.05) is 57.6 Å². The maximum Gasteiger partial charge on any atom is 0.237 e. The van der Waals surface area contributed by atoms with Gasteiger partial charge in [-0.3, -0.25) is 14.5 Å². The summed E-state index contributed by atoms with van der Waals surface area (Å²) in [5.41, 5.74) is 14.4. The maximum atomic E-state index is 6.99. The highest BCUT2D eigenvalue weighted by atomic mass is 16.5. The first-order valence-corrected chi connectivity index (χ1v) is 22.1. The molecule has 0 radical (unpaired) electrons. The molecule has 0 unspecified atom stereocenters. The second kappa shape index (κ2) is 17.3. The number of hydrogen-bond donors (Lipinski definition) is 0. The number of aryl methyl sites for hydroxylation is 2. The van der Waals surface area contributed by atoms with Gasteiger partial charge in [-0.1, -0.05) is 88.4 Å². The molecule has 0 bridgehead atoms. The molecular weight excluding hydrogens is 801 g/mol. The quantitative estimate of drug-likeness (QED) is 0.128. The largest absolute Gasteiger partial charge is 0.457 e. The average molecular weight is 849 g/mol. The molecule has 0 spiro atoms. The van der Waals surface area contributed by atoms with Crippen LogP contribution in [0.3, 0.4) is 0 Å². The lowest BCUT2D eigenvalue weighted by atomic mass is 9.93. The lowest BCUT2D eigenvalue weighted by molar-refractivity contribution is 0.485. The fraction of sp³-hybridized carbons (Fsp3) is 0.140. The molecule has 0 fully saturated rings. The van der Waals surface area contributed by atoms with E-state index in [2.05, 4.69) is 164 Å². The number of fused-ring (bicyclic) bond motifs is 3. The van der Waals surface area contributed by atoms with E-state index in [-0.39, 0.29) is 0 Å². The Morgan fingerprint density at radius 2 is 0.892 bits per heavy atom. The monoisotopic (exact) mass is 848 g/mol. The highest BCUT2D eigenvalue weighted by molar-refractivity contribution is 6.09. The van der Waals surface area contributed by atoms with Crippen LogP contribution < -0.4 is 9.47 Å². The summed E-state index contributed by atoms with van der Waals surface area (Å²) in [6.07, 6.45) is 6.68.